The fourth-order valence-electron chi connectivity index (χ4n) is 7.55. The van der Waals surface area contributed by atoms with Crippen LogP contribution in [0.4, 0.5) is 11.4 Å². The maximum atomic E-state index is 5.16. The summed E-state index contributed by atoms with van der Waals surface area (Å²) in [5.41, 5.74) is 8.76. The van der Waals surface area contributed by atoms with Crippen LogP contribution in [-0.2, 0) is 0 Å². The summed E-state index contributed by atoms with van der Waals surface area (Å²) in [6.07, 6.45) is 39.6. The van der Waals surface area contributed by atoms with Crippen LogP contribution in [0.1, 0.15) is 222 Å². The van der Waals surface area contributed by atoms with Crippen molar-refractivity contribution in [2.24, 2.45) is 9.98 Å². The fraction of sp³-hybridized carbons (Fsp3) is 0.686. The summed E-state index contributed by atoms with van der Waals surface area (Å²) in [6.45, 7) is 13.1. The maximum absolute atomic E-state index is 5.16. The molecule has 0 spiro atoms. The smallest absolute Gasteiger partial charge is 0.135 e. The molecule has 0 saturated heterocycles. The van der Waals surface area contributed by atoms with Gasteiger partial charge in [0.25, 0.3) is 0 Å². The molecule has 0 saturated carbocycles. The van der Waals surface area contributed by atoms with Gasteiger partial charge in [-0.15, -0.1) is 0 Å². The van der Waals surface area contributed by atoms with E-state index in [4.69, 9.17) is 9.98 Å². The molecule has 53 heavy (non-hydrogen) atoms. The summed E-state index contributed by atoms with van der Waals surface area (Å²) < 4.78 is 0. The van der Waals surface area contributed by atoms with Crippen LogP contribution in [0, 0.1) is 39.5 Å². The van der Waals surface area contributed by atoms with E-state index < -0.39 is 0 Å². The van der Waals surface area contributed by atoms with Crippen molar-refractivity contribution < 1.29 is 0 Å². The Labute approximate surface area is 330 Å². The Morgan fingerprint density at radius 2 is 0.717 bits per heavy atom. The van der Waals surface area contributed by atoms with E-state index in [0.29, 0.717) is 0 Å². The van der Waals surface area contributed by atoms with Gasteiger partial charge in [0.15, 0.2) is 0 Å². The summed E-state index contributed by atoms with van der Waals surface area (Å²) in [4.78, 5) is 10.3. The molecule has 0 atom stereocenters. The van der Waals surface area contributed by atoms with E-state index in [2.05, 4.69) is 89.8 Å². The van der Waals surface area contributed by atoms with Gasteiger partial charge < -0.3 is 0 Å². The molecule has 2 aromatic carbocycles. The molecule has 0 N–H and O–H groups in total. The number of hydrogen-bond acceptors (Lipinski definition) is 2. The zero-order valence-electron chi connectivity index (χ0n) is 35.9. The maximum Gasteiger partial charge on any atom is 0.135 e. The molecule has 0 unspecified atom stereocenters. The first-order valence-corrected chi connectivity index (χ1v) is 22.7. The zero-order valence-corrected chi connectivity index (χ0v) is 35.9. The van der Waals surface area contributed by atoms with E-state index >= 15 is 0 Å². The number of unbranched alkanes of at least 4 members (excludes halogenated alkanes) is 26. The van der Waals surface area contributed by atoms with Gasteiger partial charge in [-0.3, -0.25) is 4.99 Å². The molecule has 2 heteroatoms. The van der Waals surface area contributed by atoms with Crippen molar-refractivity contribution in [3.8, 4) is 11.8 Å². The number of aryl methyl sites for hydroxylation is 4. The van der Waals surface area contributed by atoms with Crippen molar-refractivity contribution in [2.75, 3.05) is 0 Å². The monoisotopic (exact) mass is 723 g/mol. The third-order valence-electron chi connectivity index (χ3n) is 10.6. The lowest BCUT2D eigenvalue weighted by Crippen LogP contribution is -2.12. The first-order valence-electron chi connectivity index (χ1n) is 22.7. The van der Waals surface area contributed by atoms with E-state index in [1.165, 1.54) is 183 Å². The molecule has 0 bridgehead atoms. The van der Waals surface area contributed by atoms with Gasteiger partial charge in [-0.1, -0.05) is 192 Å². The lowest BCUT2D eigenvalue weighted by molar-refractivity contribution is 0.516. The van der Waals surface area contributed by atoms with Gasteiger partial charge in [0.2, 0.25) is 0 Å². The minimum Gasteiger partial charge on any atom is -0.250 e. The highest BCUT2D eigenvalue weighted by Gasteiger charge is 2.10. The molecule has 0 aromatic heterocycles. The van der Waals surface area contributed by atoms with Gasteiger partial charge in [0.1, 0.15) is 5.71 Å². The van der Waals surface area contributed by atoms with Crippen LogP contribution in [0.2, 0.25) is 0 Å². The second-order valence-electron chi connectivity index (χ2n) is 16.4. The lowest BCUT2D eigenvalue weighted by Gasteiger charge is -2.08. The van der Waals surface area contributed by atoms with Gasteiger partial charge in [-0.05, 0) is 99.4 Å². The molecule has 0 aliphatic rings. The topological polar surface area (TPSA) is 24.7 Å². The molecule has 0 fully saturated rings. The van der Waals surface area contributed by atoms with E-state index in [-0.39, 0.29) is 0 Å². The van der Waals surface area contributed by atoms with Crippen LogP contribution >= 0.6 is 0 Å². The standard InChI is InChI=1S/C51H82N2/c1-7-9-11-12-13-14-15-16-17-18-19-20-21-22-23-24-25-26-27-28-29-30-31-32-33-34-35-37-51(53-49-42-46(5)39-47(6)43-49)50(36-10-8-2)52-48-40-44(3)38-45(4)41-48/h38-43H,7-34,36H2,1-6H3. The van der Waals surface area contributed by atoms with E-state index in [0.717, 1.165) is 48.5 Å². The Morgan fingerprint density at radius 3 is 1.08 bits per heavy atom. The van der Waals surface area contributed by atoms with Gasteiger partial charge >= 0.3 is 0 Å². The van der Waals surface area contributed by atoms with Crippen LogP contribution in [0.15, 0.2) is 46.4 Å². The third kappa shape index (κ3) is 25.1. The van der Waals surface area contributed by atoms with Crippen LogP contribution in [0.25, 0.3) is 0 Å². The number of aliphatic imine (C=N–C) groups is 2. The predicted molar refractivity (Wildman–Crippen MR) is 239 cm³/mol. The second kappa shape index (κ2) is 31.7. The number of benzene rings is 2. The van der Waals surface area contributed by atoms with Crippen molar-refractivity contribution in [1.82, 2.24) is 0 Å². The minimum absolute atomic E-state index is 0.835. The molecule has 0 aliphatic heterocycles. The van der Waals surface area contributed by atoms with E-state index in [1.54, 1.807) is 0 Å². The summed E-state index contributed by atoms with van der Waals surface area (Å²) in [6, 6.07) is 13.1. The molecule has 0 radical (unpaired) electrons. The van der Waals surface area contributed by atoms with Gasteiger partial charge in [0, 0.05) is 6.42 Å². The Hall–Kier alpha value is -2.66. The van der Waals surface area contributed by atoms with Crippen LogP contribution < -0.4 is 0 Å². The normalized spacial score (nSPS) is 12.0. The van der Waals surface area contributed by atoms with Crippen LogP contribution in [0.3, 0.4) is 0 Å². The predicted octanol–water partition coefficient (Wildman–Crippen LogP) is 17.1. The van der Waals surface area contributed by atoms with Crippen LogP contribution in [0.5, 0.6) is 0 Å². The Kier molecular flexibility index (Phi) is 27.8. The summed E-state index contributed by atoms with van der Waals surface area (Å²) >= 11 is 0. The Bertz CT molecular complexity index is 1300. The van der Waals surface area contributed by atoms with Crippen LogP contribution in [-0.4, -0.2) is 11.4 Å². The lowest BCUT2D eigenvalue weighted by atomic mass is 10.0. The highest BCUT2D eigenvalue weighted by Crippen LogP contribution is 2.22. The van der Waals surface area contributed by atoms with Crippen molar-refractivity contribution in [1.29, 1.82) is 0 Å². The van der Waals surface area contributed by atoms with Gasteiger partial charge in [-0.25, -0.2) is 4.99 Å². The highest BCUT2D eigenvalue weighted by molar-refractivity contribution is 6.49. The number of hydrogen-bond donors (Lipinski definition) is 0. The molecule has 2 rings (SSSR count). The van der Waals surface area contributed by atoms with Crippen molar-refractivity contribution in [3.63, 3.8) is 0 Å². The fourth-order valence-corrected chi connectivity index (χ4v) is 7.55. The van der Waals surface area contributed by atoms with Crippen molar-refractivity contribution >= 4 is 22.8 Å². The van der Waals surface area contributed by atoms with Crippen molar-refractivity contribution in [2.45, 2.75) is 228 Å². The molecular weight excluding hydrogens is 641 g/mol. The summed E-state index contributed by atoms with van der Waals surface area (Å²) in [5.74, 6) is 7.01. The highest BCUT2D eigenvalue weighted by atomic mass is 14.8. The Balaban J connectivity index is 1.60. The average Bonchev–Trinajstić information content (AvgIpc) is 3.11. The molecular formula is C51H82N2. The number of nitrogens with zero attached hydrogens (tertiary/aromatic N) is 2. The molecule has 0 amide bonds. The zero-order chi connectivity index (χ0) is 38.2. The Morgan fingerprint density at radius 1 is 0.396 bits per heavy atom. The molecule has 0 heterocycles. The first kappa shape index (κ1) is 46.5. The largest absolute Gasteiger partial charge is 0.250 e. The van der Waals surface area contributed by atoms with Crippen molar-refractivity contribution in [3.05, 3.63) is 58.7 Å². The number of rotatable bonds is 31. The average molecular weight is 723 g/mol. The van der Waals surface area contributed by atoms with E-state index in [9.17, 15) is 0 Å². The summed E-state index contributed by atoms with van der Waals surface area (Å²) in [7, 11) is 0. The molecule has 0 aliphatic carbocycles. The first-order chi connectivity index (χ1) is 25.9. The molecule has 2 nitrogen and oxygen atoms in total. The van der Waals surface area contributed by atoms with Gasteiger partial charge in [-0.2, -0.15) is 0 Å². The second-order valence-corrected chi connectivity index (χ2v) is 16.4. The quantitative estimate of drug-likeness (QED) is 0.0420. The minimum atomic E-state index is 0.835. The van der Waals surface area contributed by atoms with E-state index in [1.807, 2.05) is 0 Å². The van der Waals surface area contributed by atoms with Gasteiger partial charge in [0.05, 0.1) is 17.1 Å². The SMILES string of the molecule is CCCCCCCCCCCCCCCCCCCCCCCCCCCC#CC(=Nc1cc(C)cc(C)c1)C(CCCC)=Nc1cc(C)cc(C)c1. The summed E-state index contributed by atoms with van der Waals surface area (Å²) in [5, 5.41) is 0. The third-order valence-corrected chi connectivity index (χ3v) is 10.6. The molecule has 296 valence electrons. The molecule has 2 aromatic rings.